The summed E-state index contributed by atoms with van der Waals surface area (Å²) in [7, 11) is 1.54. The van der Waals surface area contributed by atoms with Gasteiger partial charge in [-0.05, 0) is 55.6 Å². The summed E-state index contributed by atoms with van der Waals surface area (Å²) >= 11 is 0. The Bertz CT molecular complexity index is 1820. The Balaban J connectivity index is 1.64. The first-order valence-corrected chi connectivity index (χ1v) is 12.6. The van der Waals surface area contributed by atoms with Gasteiger partial charge in [-0.15, -0.1) is 0 Å². The van der Waals surface area contributed by atoms with Gasteiger partial charge in [-0.2, -0.15) is 0 Å². The summed E-state index contributed by atoms with van der Waals surface area (Å²) in [5, 5.41) is 2.45. The first kappa shape index (κ1) is 29.4. The van der Waals surface area contributed by atoms with E-state index < -0.39 is 34.4 Å². The van der Waals surface area contributed by atoms with E-state index in [9.17, 15) is 23.6 Å². The fourth-order valence-corrected chi connectivity index (χ4v) is 3.89. The number of hydrogen-bond acceptors (Lipinski definition) is 7. The molecule has 4 rings (SSSR count). The van der Waals surface area contributed by atoms with Gasteiger partial charge in [0.2, 0.25) is 5.91 Å². The smallest absolute Gasteiger partial charge is 0.335 e. The van der Waals surface area contributed by atoms with Crippen LogP contribution < -0.4 is 31.9 Å². The Morgan fingerprint density at radius 1 is 1.10 bits per heavy atom. The van der Waals surface area contributed by atoms with Crippen LogP contribution >= 0.6 is 0 Å². The molecular formula is C29H26F2N6O5. The molecule has 0 bridgehead atoms. The van der Waals surface area contributed by atoms with Crippen LogP contribution in [0.25, 0.3) is 11.8 Å². The lowest BCUT2D eigenvalue weighted by Crippen LogP contribution is -2.42. The van der Waals surface area contributed by atoms with E-state index in [1.807, 2.05) is 0 Å². The lowest BCUT2D eigenvalue weighted by Gasteiger charge is -2.17. The van der Waals surface area contributed by atoms with E-state index in [-0.39, 0.29) is 41.0 Å². The number of halogens is 2. The van der Waals surface area contributed by atoms with Crippen LogP contribution in [-0.2, 0) is 11.3 Å². The van der Waals surface area contributed by atoms with Gasteiger partial charge in [-0.3, -0.25) is 23.9 Å². The Morgan fingerprint density at radius 3 is 2.43 bits per heavy atom. The average Bonchev–Trinajstić information content (AvgIpc) is 2.96. The van der Waals surface area contributed by atoms with Crippen molar-refractivity contribution in [1.82, 2.24) is 14.1 Å². The summed E-state index contributed by atoms with van der Waals surface area (Å²) in [5.74, 6) is -2.68. The van der Waals surface area contributed by atoms with Gasteiger partial charge in [0, 0.05) is 44.5 Å². The van der Waals surface area contributed by atoms with E-state index in [4.69, 9.17) is 10.5 Å². The maximum absolute atomic E-state index is 15.1. The molecule has 0 aliphatic rings. The van der Waals surface area contributed by atoms with E-state index in [1.165, 1.54) is 60.6 Å². The minimum atomic E-state index is -0.933. The molecule has 0 aliphatic heterocycles. The molecule has 0 atom stereocenters. The minimum Gasteiger partial charge on any atom is -0.452 e. The molecule has 0 saturated carbocycles. The lowest BCUT2D eigenvalue weighted by atomic mass is 10.2. The summed E-state index contributed by atoms with van der Waals surface area (Å²) < 4.78 is 36.2. The zero-order chi connectivity index (χ0) is 30.6. The van der Waals surface area contributed by atoms with Crippen molar-refractivity contribution in [3.8, 4) is 17.2 Å². The molecule has 2 aromatic heterocycles. The number of anilines is 2. The number of nitrogens with zero attached hydrogens (tertiary/aromatic N) is 4. The number of amides is 2. The molecule has 2 heterocycles. The number of nitrogens with two attached hydrogens (primary N) is 1. The average molecular weight is 577 g/mol. The lowest BCUT2D eigenvalue weighted by molar-refractivity contribution is -0.116. The Morgan fingerprint density at radius 2 is 1.81 bits per heavy atom. The molecule has 216 valence electrons. The number of nitrogens with one attached hydrogen (secondary N) is 1. The van der Waals surface area contributed by atoms with Crippen LogP contribution in [0.1, 0.15) is 29.9 Å². The van der Waals surface area contributed by atoms with E-state index in [2.05, 4.69) is 10.3 Å². The molecular weight excluding hydrogens is 550 g/mol. The van der Waals surface area contributed by atoms with Gasteiger partial charge in [-0.1, -0.05) is 0 Å². The summed E-state index contributed by atoms with van der Waals surface area (Å²) in [4.78, 5) is 56.4. The van der Waals surface area contributed by atoms with Crippen LogP contribution in [0.15, 0.2) is 76.7 Å². The zero-order valence-corrected chi connectivity index (χ0v) is 22.8. The fourth-order valence-electron chi connectivity index (χ4n) is 3.89. The number of rotatable bonds is 8. The summed E-state index contributed by atoms with van der Waals surface area (Å²) in [6.07, 6.45) is 5.21. The minimum absolute atomic E-state index is 0.00269. The molecule has 42 heavy (non-hydrogen) atoms. The Kier molecular flexibility index (Phi) is 8.60. The van der Waals surface area contributed by atoms with E-state index >= 15 is 4.39 Å². The number of carbonyl (C=O) groups is 2. The van der Waals surface area contributed by atoms with Crippen molar-refractivity contribution in [2.75, 3.05) is 17.3 Å². The number of carbonyl (C=O) groups excluding carboxylic acids is 2. The Labute approximate surface area is 238 Å². The number of ether oxygens (including phenoxy) is 1. The molecule has 0 radical (unpaired) electrons. The van der Waals surface area contributed by atoms with Gasteiger partial charge in [0.05, 0.1) is 17.6 Å². The highest BCUT2D eigenvalue weighted by Gasteiger charge is 2.20. The topological polar surface area (TPSA) is 142 Å². The molecule has 0 fully saturated rings. The maximum Gasteiger partial charge on any atom is 0.335 e. The molecule has 0 aliphatic carbocycles. The summed E-state index contributed by atoms with van der Waals surface area (Å²) in [6.45, 7) is 3.16. The van der Waals surface area contributed by atoms with Gasteiger partial charge in [-0.25, -0.2) is 18.1 Å². The summed E-state index contributed by atoms with van der Waals surface area (Å²) in [5.41, 5.74) is 4.20. The van der Waals surface area contributed by atoms with Crippen LogP contribution in [0.5, 0.6) is 11.5 Å². The van der Waals surface area contributed by atoms with E-state index in [0.717, 1.165) is 33.5 Å². The van der Waals surface area contributed by atoms with Crippen LogP contribution in [0.2, 0.25) is 0 Å². The highest BCUT2D eigenvalue weighted by Crippen LogP contribution is 2.31. The van der Waals surface area contributed by atoms with Crippen molar-refractivity contribution in [2.24, 2.45) is 5.73 Å². The molecule has 13 heteroatoms. The van der Waals surface area contributed by atoms with Crippen molar-refractivity contribution in [1.29, 1.82) is 0 Å². The number of pyridine rings is 1. The van der Waals surface area contributed by atoms with E-state index in [1.54, 1.807) is 14.0 Å². The second-order valence-electron chi connectivity index (χ2n) is 8.94. The van der Waals surface area contributed by atoms with Gasteiger partial charge in [0.1, 0.15) is 17.1 Å². The largest absolute Gasteiger partial charge is 0.452 e. The predicted molar refractivity (Wildman–Crippen MR) is 153 cm³/mol. The number of benzene rings is 2. The van der Waals surface area contributed by atoms with Crippen molar-refractivity contribution >= 4 is 29.3 Å². The third-order valence-corrected chi connectivity index (χ3v) is 6.22. The van der Waals surface area contributed by atoms with Crippen molar-refractivity contribution in [2.45, 2.75) is 20.4 Å². The first-order chi connectivity index (χ1) is 20.0. The quantitative estimate of drug-likeness (QED) is 0.326. The highest BCUT2D eigenvalue weighted by atomic mass is 19.1. The number of aryl methyl sites for hydroxylation is 1. The second-order valence-corrected chi connectivity index (χ2v) is 8.94. The molecule has 2 amide bonds. The molecule has 2 aromatic carbocycles. The van der Waals surface area contributed by atoms with Crippen LogP contribution in [-0.4, -0.2) is 33.0 Å². The molecule has 0 spiro atoms. The molecule has 3 N–H and O–H groups in total. The second kappa shape index (κ2) is 12.3. The maximum atomic E-state index is 15.1. The standard InChI is InChI=1S/C29H26F2N6O5/c1-4-36-16-22(28(40)37(29(36)41)20-8-5-18(30)6-9-20)27(39)34-19-7-10-25(23(31)13-19)42-26-14-21(35(3)17(2)38)15-33-24(26)11-12-32/h5-16H,4,32H2,1-3H3,(H,34,39). The van der Waals surface area contributed by atoms with E-state index in [0.29, 0.717) is 5.69 Å². The molecule has 0 saturated heterocycles. The van der Waals surface area contributed by atoms with Crippen LogP contribution in [0.4, 0.5) is 20.2 Å². The van der Waals surface area contributed by atoms with Crippen LogP contribution in [0.3, 0.4) is 0 Å². The van der Waals surface area contributed by atoms with Gasteiger partial charge in [0.25, 0.3) is 11.5 Å². The number of aromatic nitrogens is 3. The fraction of sp³-hybridized carbons (Fsp3) is 0.138. The van der Waals surface area contributed by atoms with Crippen LogP contribution in [0, 0.1) is 11.6 Å². The van der Waals surface area contributed by atoms with Crippen molar-refractivity contribution in [3.63, 3.8) is 0 Å². The first-order valence-electron chi connectivity index (χ1n) is 12.6. The van der Waals surface area contributed by atoms with Crippen molar-refractivity contribution in [3.05, 3.63) is 111 Å². The third kappa shape index (κ3) is 6.09. The van der Waals surface area contributed by atoms with Gasteiger partial charge < -0.3 is 20.7 Å². The predicted octanol–water partition coefficient (Wildman–Crippen LogP) is 3.65. The summed E-state index contributed by atoms with van der Waals surface area (Å²) in [6, 6.07) is 9.73. The molecule has 11 nitrogen and oxygen atoms in total. The highest BCUT2D eigenvalue weighted by molar-refractivity contribution is 6.03. The third-order valence-electron chi connectivity index (χ3n) is 6.22. The van der Waals surface area contributed by atoms with Gasteiger partial charge >= 0.3 is 5.69 Å². The normalized spacial score (nSPS) is 11.0. The van der Waals surface area contributed by atoms with Gasteiger partial charge in [0.15, 0.2) is 17.3 Å². The number of hydrogen-bond donors (Lipinski definition) is 2. The molecule has 4 aromatic rings. The Hall–Kier alpha value is -5.59. The molecule has 0 unspecified atom stereocenters. The zero-order valence-electron chi connectivity index (χ0n) is 22.8. The van der Waals surface area contributed by atoms with Crippen molar-refractivity contribution < 1.29 is 23.1 Å². The monoisotopic (exact) mass is 576 g/mol. The SMILES string of the molecule is CCn1cc(C(=O)Nc2ccc(Oc3cc(N(C)C(C)=O)cnc3C=CN)c(F)c2)c(=O)n(-c2ccc(F)cc2)c1=O.